The molecule has 0 unspecified atom stereocenters. The third-order valence-corrected chi connectivity index (χ3v) is 3.55. The lowest BCUT2D eigenvalue weighted by Crippen LogP contribution is -2.13. The van der Waals surface area contributed by atoms with E-state index in [9.17, 15) is 9.59 Å². The van der Waals surface area contributed by atoms with Crippen molar-refractivity contribution in [2.75, 3.05) is 26.1 Å². The second-order valence-electron chi connectivity index (χ2n) is 5.19. The fourth-order valence-electron chi connectivity index (χ4n) is 2.29. The lowest BCUT2D eigenvalue weighted by Gasteiger charge is -2.11. The highest BCUT2D eigenvalue weighted by atomic mass is 16.5. The first-order valence-corrected chi connectivity index (χ1v) is 7.83. The summed E-state index contributed by atoms with van der Waals surface area (Å²) in [5, 5.41) is 2.77. The van der Waals surface area contributed by atoms with Gasteiger partial charge in [-0.15, -0.1) is 0 Å². The van der Waals surface area contributed by atoms with Crippen LogP contribution in [0.1, 0.15) is 33.2 Å². The van der Waals surface area contributed by atoms with Crippen molar-refractivity contribution in [1.82, 2.24) is 0 Å². The summed E-state index contributed by atoms with van der Waals surface area (Å²) in [6.07, 6.45) is 0. The molecule has 0 fully saturated rings. The van der Waals surface area contributed by atoms with Crippen LogP contribution in [-0.2, 0) is 16.1 Å². The summed E-state index contributed by atoms with van der Waals surface area (Å²) in [6, 6.07) is 11.7. The Morgan fingerprint density at radius 1 is 1.04 bits per heavy atom. The number of hydrogen-bond acceptors (Lipinski definition) is 5. The minimum Gasteiger partial charge on any atom is -0.496 e. The SMILES string of the molecule is CCOCc1cc(C(=O)Nc2cccc(C(=O)OC)c2)ccc1OC. The first-order chi connectivity index (χ1) is 12.1. The highest BCUT2D eigenvalue weighted by molar-refractivity contribution is 6.05. The number of methoxy groups -OCH3 is 2. The largest absolute Gasteiger partial charge is 0.496 e. The zero-order valence-corrected chi connectivity index (χ0v) is 14.5. The van der Waals surface area contributed by atoms with E-state index in [0.29, 0.717) is 35.8 Å². The van der Waals surface area contributed by atoms with Crippen molar-refractivity contribution in [2.24, 2.45) is 0 Å². The van der Waals surface area contributed by atoms with Gasteiger partial charge >= 0.3 is 5.97 Å². The van der Waals surface area contributed by atoms with Crippen LogP contribution in [0.3, 0.4) is 0 Å². The predicted molar refractivity (Wildman–Crippen MR) is 94.1 cm³/mol. The quantitative estimate of drug-likeness (QED) is 0.781. The molecule has 0 aromatic heterocycles. The van der Waals surface area contributed by atoms with E-state index in [1.165, 1.54) is 7.11 Å². The first-order valence-electron chi connectivity index (χ1n) is 7.83. The van der Waals surface area contributed by atoms with E-state index in [2.05, 4.69) is 10.1 Å². The Morgan fingerprint density at radius 2 is 1.84 bits per heavy atom. The van der Waals surface area contributed by atoms with Crippen LogP contribution in [0.15, 0.2) is 42.5 Å². The zero-order valence-electron chi connectivity index (χ0n) is 14.5. The number of amides is 1. The van der Waals surface area contributed by atoms with Crippen LogP contribution in [0.4, 0.5) is 5.69 Å². The van der Waals surface area contributed by atoms with E-state index in [4.69, 9.17) is 9.47 Å². The lowest BCUT2D eigenvalue weighted by molar-refractivity contribution is 0.0600. The Morgan fingerprint density at radius 3 is 2.52 bits per heavy atom. The van der Waals surface area contributed by atoms with E-state index >= 15 is 0 Å². The molecule has 132 valence electrons. The Labute approximate surface area is 146 Å². The van der Waals surface area contributed by atoms with Crippen LogP contribution in [0.2, 0.25) is 0 Å². The number of esters is 1. The summed E-state index contributed by atoms with van der Waals surface area (Å²) >= 11 is 0. The van der Waals surface area contributed by atoms with E-state index in [-0.39, 0.29) is 5.91 Å². The molecule has 1 amide bonds. The summed E-state index contributed by atoms with van der Waals surface area (Å²) < 4.78 is 15.4. The summed E-state index contributed by atoms with van der Waals surface area (Å²) in [5.41, 5.74) is 2.14. The third-order valence-electron chi connectivity index (χ3n) is 3.55. The molecule has 25 heavy (non-hydrogen) atoms. The van der Waals surface area contributed by atoms with Crippen molar-refractivity contribution in [3.63, 3.8) is 0 Å². The maximum Gasteiger partial charge on any atom is 0.337 e. The highest BCUT2D eigenvalue weighted by Crippen LogP contribution is 2.22. The van der Waals surface area contributed by atoms with Gasteiger partial charge in [-0.3, -0.25) is 4.79 Å². The topological polar surface area (TPSA) is 73.9 Å². The minimum atomic E-state index is -0.459. The van der Waals surface area contributed by atoms with Gasteiger partial charge in [0.15, 0.2) is 0 Å². The van der Waals surface area contributed by atoms with E-state index < -0.39 is 5.97 Å². The molecule has 0 aliphatic rings. The number of carbonyl (C=O) groups is 2. The van der Waals surface area contributed by atoms with Crippen molar-refractivity contribution >= 4 is 17.6 Å². The van der Waals surface area contributed by atoms with Gasteiger partial charge in [0.1, 0.15) is 5.75 Å². The van der Waals surface area contributed by atoms with Gasteiger partial charge in [0.05, 0.1) is 26.4 Å². The average Bonchev–Trinajstić information content (AvgIpc) is 2.65. The Bertz CT molecular complexity index is 757. The van der Waals surface area contributed by atoms with Crippen molar-refractivity contribution in [2.45, 2.75) is 13.5 Å². The molecule has 0 aliphatic heterocycles. The number of benzene rings is 2. The van der Waals surface area contributed by atoms with Gasteiger partial charge in [0.25, 0.3) is 5.91 Å². The van der Waals surface area contributed by atoms with Gasteiger partial charge in [0.2, 0.25) is 0 Å². The number of rotatable bonds is 7. The number of ether oxygens (including phenoxy) is 3. The number of nitrogens with one attached hydrogen (secondary N) is 1. The standard InChI is InChI=1S/C19H21NO5/c1-4-25-12-15-10-13(8-9-17(15)23-2)18(21)20-16-7-5-6-14(11-16)19(22)24-3/h5-11H,4,12H2,1-3H3,(H,20,21). The molecule has 6 nitrogen and oxygen atoms in total. The van der Waals surface area contributed by atoms with Crippen LogP contribution < -0.4 is 10.1 Å². The molecular formula is C19H21NO5. The van der Waals surface area contributed by atoms with Crippen LogP contribution in [-0.4, -0.2) is 32.7 Å². The molecule has 0 aliphatic carbocycles. The number of anilines is 1. The molecular weight excluding hydrogens is 322 g/mol. The first kappa shape index (κ1) is 18.5. The fraction of sp³-hybridized carbons (Fsp3) is 0.263. The van der Waals surface area contributed by atoms with E-state index in [0.717, 1.165) is 5.56 Å². The van der Waals surface area contributed by atoms with Crippen LogP contribution in [0, 0.1) is 0 Å². The average molecular weight is 343 g/mol. The summed E-state index contributed by atoms with van der Waals surface area (Å²) in [4.78, 5) is 24.1. The summed E-state index contributed by atoms with van der Waals surface area (Å²) in [6.45, 7) is 2.83. The van der Waals surface area contributed by atoms with E-state index in [1.807, 2.05) is 6.92 Å². The molecule has 0 radical (unpaired) electrons. The highest BCUT2D eigenvalue weighted by Gasteiger charge is 2.12. The van der Waals surface area contributed by atoms with Gasteiger partial charge < -0.3 is 19.5 Å². The third kappa shape index (κ3) is 4.81. The van der Waals surface area contributed by atoms with Crippen molar-refractivity contribution in [3.05, 3.63) is 59.2 Å². The second kappa shape index (κ2) is 8.84. The van der Waals surface area contributed by atoms with Crippen LogP contribution >= 0.6 is 0 Å². The number of hydrogen-bond donors (Lipinski definition) is 1. The Balaban J connectivity index is 2.19. The van der Waals surface area contributed by atoms with Gasteiger partial charge in [-0.25, -0.2) is 4.79 Å². The molecule has 0 heterocycles. The van der Waals surface area contributed by atoms with Crippen LogP contribution in [0.25, 0.3) is 0 Å². The van der Waals surface area contributed by atoms with Crippen molar-refractivity contribution < 1.29 is 23.8 Å². The van der Waals surface area contributed by atoms with Gasteiger partial charge in [0, 0.05) is 23.4 Å². The van der Waals surface area contributed by atoms with Crippen molar-refractivity contribution in [1.29, 1.82) is 0 Å². The molecule has 0 spiro atoms. The van der Waals surface area contributed by atoms with E-state index in [1.54, 1.807) is 49.6 Å². The normalized spacial score (nSPS) is 10.2. The van der Waals surface area contributed by atoms with Gasteiger partial charge in [-0.05, 0) is 43.3 Å². The second-order valence-corrected chi connectivity index (χ2v) is 5.19. The van der Waals surface area contributed by atoms with Gasteiger partial charge in [-0.1, -0.05) is 6.07 Å². The lowest BCUT2D eigenvalue weighted by atomic mass is 10.1. The zero-order chi connectivity index (χ0) is 18.2. The Hall–Kier alpha value is -2.86. The molecule has 6 heteroatoms. The van der Waals surface area contributed by atoms with Crippen LogP contribution in [0.5, 0.6) is 5.75 Å². The molecule has 0 saturated carbocycles. The monoisotopic (exact) mass is 343 g/mol. The maximum atomic E-state index is 12.5. The molecule has 2 aromatic rings. The molecule has 0 bridgehead atoms. The molecule has 1 N–H and O–H groups in total. The Kier molecular flexibility index (Phi) is 6.54. The smallest absolute Gasteiger partial charge is 0.337 e. The molecule has 2 rings (SSSR count). The summed E-state index contributed by atoms with van der Waals surface area (Å²) in [5.74, 6) is -0.0837. The molecule has 0 atom stereocenters. The van der Waals surface area contributed by atoms with Crippen molar-refractivity contribution in [3.8, 4) is 5.75 Å². The minimum absolute atomic E-state index is 0.289. The maximum absolute atomic E-state index is 12.5. The molecule has 2 aromatic carbocycles. The molecule has 0 saturated heterocycles. The van der Waals surface area contributed by atoms with Gasteiger partial charge in [-0.2, -0.15) is 0 Å². The summed E-state index contributed by atoms with van der Waals surface area (Å²) in [7, 11) is 2.88. The predicted octanol–water partition coefficient (Wildman–Crippen LogP) is 3.27. The number of carbonyl (C=O) groups excluding carboxylic acids is 2. The fourth-order valence-corrected chi connectivity index (χ4v) is 2.29.